The summed E-state index contributed by atoms with van der Waals surface area (Å²) >= 11 is 6.55. The SMILES string of the molecule is Cc1ccc(Oc2nc3cc(-c4ccc(-c5ccn[nH]5)cc4)c(Cl)cc3[nH]2)cc1C(=O)O. The zero-order valence-electron chi connectivity index (χ0n) is 16.9. The van der Waals surface area contributed by atoms with Crippen LogP contribution in [0.5, 0.6) is 11.8 Å². The number of benzene rings is 3. The van der Waals surface area contributed by atoms with Crippen molar-refractivity contribution < 1.29 is 14.6 Å². The maximum Gasteiger partial charge on any atom is 0.336 e. The molecule has 8 heteroatoms. The van der Waals surface area contributed by atoms with Gasteiger partial charge in [-0.05, 0) is 53.9 Å². The number of fused-ring (bicyclic) bond motifs is 1. The summed E-state index contributed by atoms with van der Waals surface area (Å²) in [6, 6.07) is 18.7. The minimum absolute atomic E-state index is 0.183. The lowest BCUT2D eigenvalue weighted by Gasteiger charge is -2.06. The first-order valence-corrected chi connectivity index (χ1v) is 10.2. The van der Waals surface area contributed by atoms with Crippen LogP contribution < -0.4 is 4.74 Å². The molecule has 0 radical (unpaired) electrons. The molecule has 0 saturated carbocycles. The van der Waals surface area contributed by atoms with E-state index in [-0.39, 0.29) is 11.6 Å². The third kappa shape index (κ3) is 3.70. The summed E-state index contributed by atoms with van der Waals surface area (Å²) in [5.74, 6) is -0.625. The quantitative estimate of drug-likeness (QED) is 0.305. The highest BCUT2D eigenvalue weighted by Gasteiger charge is 2.13. The molecule has 0 aliphatic rings. The van der Waals surface area contributed by atoms with Gasteiger partial charge in [0.15, 0.2) is 0 Å². The number of imidazole rings is 1. The van der Waals surface area contributed by atoms with Crippen LogP contribution in [0.15, 0.2) is 66.9 Å². The molecular weight excluding hydrogens is 428 g/mol. The molecule has 0 atom stereocenters. The van der Waals surface area contributed by atoms with Gasteiger partial charge >= 0.3 is 5.97 Å². The van der Waals surface area contributed by atoms with E-state index in [0.29, 0.717) is 27.4 Å². The Bertz CT molecular complexity index is 1440. The van der Waals surface area contributed by atoms with Gasteiger partial charge < -0.3 is 14.8 Å². The largest absolute Gasteiger partial charge is 0.478 e. The number of carboxylic acid groups (broad SMARTS) is 1. The number of ether oxygens (including phenoxy) is 1. The molecule has 0 saturated heterocycles. The van der Waals surface area contributed by atoms with Crippen molar-refractivity contribution in [2.75, 3.05) is 0 Å². The lowest BCUT2D eigenvalue weighted by Crippen LogP contribution is -2.00. The molecule has 158 valence electrons. The van der Waals surface area contributed by atoms with Crippen molar-refractivity contribution in [3.05, 3.63) is 83.0 Å². The first-order valence-electron chi connectivity index (χ1n) is 9.79. The van der Waals surface area contributed by atoms with Gasteiger partial charge in [-0.25, -0.2) is 4.79 Å². The monoisotopic (exact) mass is 444 g/mol. The maximum atomic E-state index is 11.4. The Morgan fingerprint density at radius 3 is 2.53 bits per heavy atom. The number of nitrogens with one attached hydrogen (secondary N) is 2. The summed E-state index contributed by atoms with van der Waals surface area (Å²) in [6.07, 6.45) is 1.71. The highest BCUT2D eigenvalue weighted by atomic mass is 35.5. The minimum Gasteiger partial charge on any atom is -0.478 e. The predicted molar refractivity (Wildman–Crippen MR) is 122 cm³/mol. The summed E-state index contributed by atoms with van der Waals surface area (Å²) in [6.45, 7) is 1.74. The Hall–Kier alpha value is -4.10. The molecule has 0 fully saturated rings. The van der Waals surface area contributed by atoms with Crippen molar-refractivity contribution in [3.8, 4) is 34.1 Å². The lowest BCUT2D eigenvalue weighted by molar-refractivity contribution is 0.0695. The number of hydrogen-bond donors (Lipinski definition) is 3. The molecule has 0 bridgehead atoms. The van der Waals surface area contributed by atoms with Crippen LogP contribution in [0.1, 0.15) is 15.9 Å². The van der Waals surface area contributed by atoms with E-state index < -0.39 is 5.97 Å². The van der Waals surface area contributed by atoms with Crippen molar-refractivity contribution in [2.45, 2.75) is 6.92 Å². The number of rotatable bonds is 5. The Labute approximate surface area is 187 Å². The molecule has 0 aliphatic heterocycles. The van der Waals surface area contributed by atoms with Gasteiger partial charge in [-0.3, -0.25) is 5.10 Å². The predicted octanol–water partition coefficient (Wildman–Crippen LogP) is 6.07. The number of H-pyrrole nitrogens is 2. The van der Waals surface area contributed by atoms with Crippen molar-refractivity contribution >= 4 is 28.6 Å². The normalized spacial score (nSPS) is 11.1. The van der Waals surface area contributed by atoms with Gasteiger partial charge in [0.2, 0.25) is 0 Å². The van der Waals surface area contributed by atoms with E-state index in [2.05, 4.69) is 20.2 Å². The highest BCUT2D eigenvalue weighted by molar-refractivity contribution is 6.34. The zero-order valence-corrected chi connectivity index (χ0v) is 17.6. The van der Waals surface area contributed by atoms with Gasteiger partial charge in [0.05, 0.1) is 27.3 Å². The second-order valence-corrected chi connectivity index (χ2v) is 7.73. The van der Waals surface area contributed by atoms with E-state index in [0.717, 1.165) is 22.4 Å². The Morgan fingerprint density at radius 2 is 1.81 bits per heavy atom. The number of hydrogen-bond acceptors (Lipinski definition) is 4. The van der Waals surface area contributed by atoms with Crippen LogP contribution in [0.4, 0.5) is 0 Å². The molecule has 0 unspecified atom stereocenters. The molecular formula is C24H17ClN4O3. The molecule has 5 rings (SSSR count). The van der Waals surface area contributed by atoms with Gasteiger partial charge in [0.25, 0.3) is 6.01 Å². The summed E-state index contributed by atoms with van der Waals surface area (Å²) < 4.78 is 5.77. The molecule has 5 aromatic rings. The molecule has 2 heterocycles. The first-order chi connectivity index (χ1) is 15.5. The Balaban J connectivity index is 1.46. The van der Waals surface area contributed by atoms with Gasteiger partial charge in [-0.1, -0.05) is 41.9 Å². The number of aromatic carboxylic acids is 1. The van der Waals surface area contributed by atoms with E-state index in [1.807, 2.05) is 36.4 Å². The topological polar surface area (TPSA) is 104 Å². The number of aromatic amines is 2. The molecule has 0 amide bonds. The van der Waals surface area contributed by atoms with Crippen molar-refractivity contribution in [1.29, 1.82) is 0 Å². The van der Waals surface area contributed by atoms with Crippen LogP contribution >= 0.6 is 11.6 Å². The summed E-state index contributed by atoms with van der Waals surface area (Å²) in [5, 5.41) is 16.8. The number of halogens is 1. The third-order valence-corrected chi connectivity index (χ3v) is 5.52. The van der Waals surface area contributed by atoms with E-state index in [4.69, 9.17) is 16.3 Å². The average molecular weight is 445 g/mol. The molecule has 32 heavy (non-hydrogen) atoms. The van der Waals surface area contributed by atoms with Crippen LogP contribution in [0.3, 0.4) is 0 Å². The number of carbonyl (C=O) groups is 1. The van der Waals surface area contributed by atoms with E-state index in [1.165, 1.54) is 6.07 Å². The fourth-order valence-corrected chi connectivity index (χ4v) is 3.80. The molecule has 2 aromatic heterocycles. The van der Waals surface area contributed by atoms with Gasteiger partial charge in [-0.2, -0.15) is 10.1 Å². The number of aromatic nitrogens is 4. The lowest BCUT2D eigenvalue weighted by atomic mass is 10.0. The smallest absolute Gasteiger partial charge is 0.336 e. The van der Waals surface area contributed by atoms with Crippen molar-refractivity contribution in [1.82, 2.24) is 20.2 Å². The molecule has 0 aliphatic carbocycles. The van der Waals surface area contributed by atoms with E-state index >= 15 is 0 Å². The van der Waals surface area contributed by atoms with Crippen LogP contribution in [0, 0.1) is 6.92 Å². The molecule has 3 N–H and O–H groups in total. The second kappa shape index (κ2) is 7.86. The summed E-state index contributed by atoms with van der Waals surface area (Å²) in [5.41, 5.74) is 6.00. The van der Waals surface area contributed by atoms with Crippen LogP contribution in [-0.4, -0.2) is 31.2 Å². The van der Waals surface area contributed by atoms with E-state index in [9.17, 15) is 9.90 Å². The Morgan fingerprint density at radius 1 is 1.03 bits per heavy atom. The first kappa shape index (κ1) is 19.8. The molecule has 7 nitrogen and oxygen atoms in total. The highest BCUT2D eigenvalue weighted by Crippen LogP contribution is 2.34. The Kier molecular flexibility index (Phi) is 4.88. The van der Waals surface area contributed by atoms with Crippen LogP contribution in [0.25, 0.3) is 33.4 Å². The zero-order chi connectivity index (χ0) is 22.2. The van der Waals surface area contributed by atoms with Crippen LogP contribution in [0.2, 0.25) is 5.02 Å². The van der Waals surface area contributed by atoms with Gasteiger partial charge in [0, 0.05) is 11.8 Å². The maximum absolute atomic E-state index is 11.4. The van der Waals surface area contributed by atoms with Gasteiger partial charge in [0.1, 0.15) is 5.75 Å². The number of nitrogens with zero attached hydrogens (tertiary/aromatic N) is 2. The second-order valence-electron chi connectivity index (χ2n) is 7.32. The summed E-state index contributed by atoms with van der Waals surface area (Å²) in [4.78, 5) is 18.9. The number of aryl methyl sites for hydroxylation is 1. The fraction of sp³-hybridized carbons (Fsp3) is 0.0417. The molecule has 3 aromatic carbocycles. The minimum atomic E-state index is -1.01. The number of carboxylic acids is 1. The van der Waals surface area contributed by atoms with E-state index in [1.54, 1.807) is 31.3 Å². The van der Waals surface area contributed by atoms with Crippen molar-refractivity contribution in [2.24, 2.45) is 0 Å². The molecule has 0 spiro atoms. The standard InChI is InChI=1S/C24H17ClN4O3/c1-13-2-7-16(10-17(13)23(30)31)32-24-27-21-11-18(19(25)12-22(21)28-24)14-3-5-15(6-4-14)20-8-9-26-29-20/h2-12H,1H3,(H,26,29)(H,27,28)(H,30,31). The third-order valence-electron chi connectivity index (χ3n) is 5.21. The fourth-order valence-electron chi connectivity index (χ4n) is 3.53. The summed E-state index contributed by atoms with van der Waals surface area (Å²) in [7, 11) is 0. The van der Waals surface area contributed by atoms with Gasteiger partial charge in [-0.15, -0.1) is 0 Å². The van der Waals surface area contributed by atoms with Crippen LogP contribution in [-0.2, 0) is 0 Å². The van der Waals surface area contributed by atoms with Crippen molar-refractivity contribution in [3.63, 3.8) is 0 Å². The average Bonchev–Trinajstić information content (AvgIpc) is 3.44.